The van der Waals surface area contributed by atoms with Gasteiger partial charge in [-0.3, -0.25) is 4.79 Å². The Labute approximate surface area is 156 Å². The molecule has 0 radical (unpaired) electrons. The molecule has 1 N–H and O–H groups in total. The average molecular weight is 371 g/mol. The minimum atomic E-state index is -0.0729. The Bertz CT molecular complexity index is 995. The molecular weight excluding hydrogens is 350 g/mol. The van der Waals surface area contributed by atoms with Gasteiger partial charge in [-0.1, -0.05) is 35.0 Å². The topological polar surface area (TPSA) is 55.5 Å². The average Bonchev–Trinajstić information content (AvgIpc) is 2.67. The fraction of sp³-hybridized carbons (Fsp3) is 0.316. The van der Waals surface area contributed by atoms with Gasteiger partial charge in [0.25, 0.3) is 5.56 Å². The number of aryl methyl sites for hydroxylation is 1. The molecular formula is C19H21ClN5O+. The molecule has 0 spiro atoms. The quantitative estimate of drug-likeness (QED) is 0.750. The summed E-state index contributed by atoms with van der Waals surface area (Å²) in [5, 5.41) is 9.65. The minimum absolute atomic E-state index is 0.0729. The van der Waals surface area contributed by atoms with Gasteiger partial charge in [0.2, 0.25) is 0 Å². The molecule has 26 heavy (non-hydrogen) atoms. The van der Waals surface area contributed by atoms with Crippen LogP contribution in [0.5, 0.6) is 0 Å². The van der Waals surface area contributed by atoms with Crippen LogP contribution in [-0.2, 0) is 6.67 Å². The van der Waals surface area contributed by atoms with Crippen LogP contribution in [0, 0.1) is 6.92 Å². The number of benzene rings is 2. The minimum Gasteiger partial charge on any atom is -0.360 e. The van der Waals surface area contributed by atoms with Gasteiger partial charge in [0.15, 0.2) is 6.67 Å². The highest BCUT2D eigenvalue weighted by atomic mass is 35.5. The Kier molecular flexibility index (Phi) is 4.61. The highest BCUT2D eigenvalue weighted by Crippen LogP contribution is 2.24. The van der Waals surface area contributed by atoms with E-state index < -0.39 is 0 Å². The maximum atomic E-state index is 12.6. The van der Waals surface area contributed by atoms with Gasteiger partial charge in [0, 0.05) is 10.7 Å². The van der Waals surface area contributed by atoms with Crippen molar-refractivity contribution in [1.82, 2.24) is 15.0 Å². The number of fused-ring (bicyclic) bond motifs is 1. The molecule has 0 amide bonds. The van der Waals surface area contributed by atoms with Crippen LogP contribution in [0.25, 0.3) is 10.9 Å². The van der Waals surface area contributed by atoms with E-state index in [1.807, 2.05) is 30.3 Å². The Morgan fingerprint density at radius 2 is 1.92 bits per heavy atom. The van der Waals surface area contributed by atoms with Gasteiger partial charge in [-0.25, -0.2) is 0 Å². The molecule has 6 nitrogen and oxygen atoms in total. The zero-order valence-electron chi connectivity index (χ0n) is 14.7. The van der Waals surface area contributed by atoms with Crippen LogP contribution in [-0.4, -0.2) is 41.2 Å². The van der Waals surface area contributed by atoms with E-state index in [4.69, 9.17) is 11.6 Å². The van der Waals surface area contributed by atoms with Gasteiger partial charge in [-0.2, -0.15) is 4.68 Å². The van der Waals surface area contributed by atoms with Crippen LogP contribution >= 0.6 is 11.6 Å². The normalized spacial score (nSPS) is 15.5. The first-order valence-corrected chi connectivity index (χ1v) is 9.17. The number of aromatic nitrogens is 3. The van der Waals surface area contributed by atoms with Crippen molar-refractivity contribution < 1.29 is 4.90 Å². The zero-order valence-corrected chi connectivity index (χ0v) is 15.4. The maximum absolute atomic E-state index is 12.6. The second-order valence-corrected chi connectivity index (χ2v) is 7.17. The lowest BCUT2D eigenvalue weighted by Crippen LogP contribution is -3.14. The number of hydrogen-bond acceptors (Lipinski definition) is 4. The molecule has 1 saturated heterocycles. The molecule has 7 heteroatoms. The third kappa shape index (κ3) is 3.30. The summed E-state index contributed by atoms with van der Waals surface area (Å²) in [7, 11) is 0. The van der Waals surface area contributed by atoms with Crippen molar-refractivity contribution in [2.45, 2.75) is 13.6 Å². The fourth-order valence-corrected chi connectivity index (χ4v) is 3.65. The van der Waals surface area contributed by atoms with Gasteiger partial charge < -0.3 is 9.80 Å². The van der Waals surface area contributed by atoms with E-state index in [0.717, 1.165) is 31.2 Å². The van der Waals surface area contributed by atoms with Crippen molar-refractivity contribution in [1.29, 1.82) is 0 Å². The lowest BCUT2D eigenvalue weighted by Gasteiger charge is -2.34. The van der Waals surface area contributed by atoms with E-state index in [0.29, 0.717) is 17.6 Å². The first-order valence-electron chi connectivity index (χ1n) is 8.79. The number of halogens is 1. The number of piperazine rings is 1. The number of hydrogen-bond donors (Lipinski definition) is 1. The van der Waals surface area contributed by atoms with E-state index in [2.05, 4.69) is 28.2 Å². The summed E-state index contributed by atoms with van der Waals surface area (Å²) in [4.78, 5) is 16.3. The van der Waals surface area contributed by atoms with Gasteiger partial charge in [0.1, 0.15) is 5.52 Å². The largest absolute Gasteiger partial charge is 0.360 e. The van der Waals surface area contributed by atoms with Gasteiger partial charge in [-0.15, -0.1) is 5.10 Å². The van der Waals surface area contributed by atoms with Crippen molar-refractivity contribution in [3.63, 3.8) is 0 Å². The highest BCUT2D eigenvalue weighted by Gasteiger charge is 2.22. The van der Waals surface area contributed by atoms with Crippen molar-refractivity contribution in [3.8, 4) is 0 Å². The first kappa shape index (κ1) is 17.0. The van der Waals surface area contributed by atoms with E-state index in [9.17, 15) is 4.79 Å². The monoisotopic (exact) mass is 370 g/mol. The van der Waals surface area contributed by atoms with E-state index >= 15 is 0 Å². The third-order valence-electron chi connectivity index (χ3n) is 4.99. The SMILES string of the molecule is Cc1ccc(Cl)cc1N1CC[NH+](Cn2nnc3ccccc3c2=O)CC1. The lowest BCUT2D eigenvalue weighted by atomic mass is 10.1. The Hall–Kier alpha value is -2.44. The van der Waals surface area contributed by atoms with Crippen molar-refractivity contribution in [3.05, 3.63) is 63.4 Å². The molecule has 1 aliphatic heterocycles. The smallest absolute Gasteiger partial charge is 0.282 e. The molecule has 1 fully saturated rings. The highest BCUT2D eigenvalue weighted by molar-refractivity contribution is 6.30. The van der Waals surface area contributed by atoms with Gasteiger partial charge in [0.05, 0.1) is 31.6 Å². The Balaban J connectivity index is 1.47. The summed E-state index contributed by atoms with van der Waals surface area (Å²) in [6.07, 6.45) is 0. The molecule has 3 aromatic rings. The van der Waals surface area contributed by atoms with Crippen molar-refractivity contribution >= 4 is 28.2 Å². The van der Waals surface area contributed by atoms with E-state index in [1.165, 1.54) is 20.8 Å². The predicted octanol–water partition coefficient (Wildman–Crippen LogP) is 1.12. The maximum Gasteiger partial charge on any atom is 0.282 e. The van der Waals surface area contributed by atoms with Gasteiger partial charge >= 0.3 is 0 Å². The van der Waals surface area contributed by atoms with E-state index in [-0.39, 0.29) is 5.56 Å². The van der Waals surface area contributed by atoms with Crippen LogP contribution in [0.3, 0.4) is 0 Å². The molecule has 1 aromatic heterocycles. The molecule has 0 unspecified atom stereocenters. The molecule has 4 rings (SSSR count). The number of nitrogens with one attached hydrogen (secondary N) is 1. The fourth-order valence-electron chi connectivity index (χ4n) is 3.48. The summed E-state index contributed by atoms with van der Waals surface area (Å²) in [5.74, 6) is 0. The predicted molar refractivity (Wildman–Crippen MR) is 103 cm³/mol. The molecule has 134 valence electrons. The van der Waals surface area contributed by atoms with Crippen LogP contribution in [0.1, 0.15) is 5.56 Å². The van der Waals surface area contributed by atoms with E-state index in [1.54, 1.807) is 6.07 Å². The second-order valence-electron chi connectivity index (χ2n) is 6.74. The van der Waals surface area contributed by atoms with Crippen molar-refractivity contribution in [2.75, 3.05) is 31.1 Å². The Morgan fingerprint density at radius 3 is 2.73 bits per heavy atom. The molecule has 1 aliphatic rings. The number of anilines is 1. The summed E-state index contributed by atoms with van der Waals surface area (Å²) < 4.78 is 1.48. The summed E-state index contributed by atoms with van der Waals surface area (Å²) in [6, 6.07) is 13.3. The number of nitrogens with zero attached hydrogens (tertiary/aromatic N) is 4. The molecule has 0 bridgehead atoms. The molecule has 2 aromatic carbocycles. The van der Waals surface area contributed by atoms with Crippen LogP contribution in [0.2, 0.25) is 5.02 Å². The van der Waals surface area contributed by atoms with Crippen molar-refractivity contribution in [2.24, 2.45) is 0 Å². The second kappa shape index (κ2) is 7.05. The zero-order chi connectivity index (χ0) is 18.1. The van der Waals surface area contributed by atoms with Crippen LogP contribution < -0.4 is 15.4 Å². The lowest BCUT2D eigenvalue weighted by molar-refractivity contribution is -0.924. The summed E-state index contributed by atoms with van der Waals surface area (Å²) in [6.45, 7) is 6.37. The molecule has 0 saturated carbocycles. The van der Waals surface area contributed by atoms with Crippen LogP contribution in [0.15, 0.2) is 47.3 Å². The molecule has 2 heterocycles. The third-order valence-corrected chi connectivity index (χ3v) is 5.22. The summed E-state index contributed by atoms with van der Waals surface area (Å²) in [5.41, 5.74) is 3.00. The molecule has 0 atom stereocenters. The van der Waals surface area contributed by atoms with Gasteiger partial charge in [-0.05, 0) is 36.8 Å². The van der Waals surface area contributed by atoms with Crippen LogP contribution in [0.4, 0.5) is 5.69 Å². The Morgan fingerprint density at radius 1 is 1.15 bits per heavy atom. The molecule has 0 aliphatic carbocycles. The number of quaternary nitrogens is 1. The standard InChI is InChI=1S/C19H20ClN5O/c1-14-6-7-15(20)12-18(14)24-10-8-23(9-11-24)13-25-19(26)16-4-2-3-5-17(16)21-22-25/h2-7,12H,8-11,13H2,1H3/p+1. The summed E-state index contributed by atoms with van der Waals surface area (Å²) >= 11 is 6.15. The number of rotatable bonds is 3. The first-order chi connectivity index (χ1) is 12.6.